The first-order valence-corrected chi connectivity index (χ1v) is 9.05. The van der Waals surface area contributed by atoms with E-state index in [4.69, 9.17) is 22.7 Å². The summed E-state index contributed by atoms with van der Waals surface area (Å²) in [5.41, 5.74) is 6.50. The molecule has 0 unspecified atom stereocenters. The van der Waals surface area contributed by atoms with E-state index in [1.165, 1.54) is 0 Å². The van der Waals surface area contributed by atoms with Gasteiger partial charge in [-0.2, -0.15) is 0 Å². The number of thiocarbonyl (C=S) groups is 1. The van der Waals surface area contributed by atoms with Crippen molar-refractivity contribution in [1.29, 1.82) is 0 Å². The number of hydrogen-bond donors (Lipinski definition) is 3. The molecule has 0 bridgehead atoms. The SMILES string of the molecule is CCCOc1ccc(Br)cc1C(=O)NC(=S)Nc1cccc(C(N)=O)c1. The van der Waals surface area contributed by atoms with Gasteiger partial charge < -0.3 is 15.8 Å². The first-order valence-electron chi connectivity index (χ1n) is 7.85. The van der Waals surface area contributed by atoms with Gasteiger partial charge in [0.1, 0.15) is 5.75 Å². The molecule has 0 radical (unpaired) electrons. The Balaban J connectivity index is 2.09. The Hall–Kier alpha value is -2.45. The molecular weight excluding hydrogens is 418 g/mol. The number of anilines is 1. The van der Waals surface area contributed by atoms with Gasteiger partial charge in [-0.05, 0) is 55.0 Å². The molecule has 136 valence electrons. The zero-order valence-corrected chi connectivity index (χ0v) is 16.4. The molecule has 8 heteroatoms. The minimum atomic E-state index is -0.546. The van der Waals surface area contributed by atoms with Crippen LogP contribution < -0.4 is 21.1 Å². The molecule has 0 atom stereocenters. The number of nitrogens with two attached hydrogens (primary N) is 1. The molecule has 0 aliphatic carbocycles. The lowest BCUT2D eigenvalue weighted by Gasteiger charge is -2.13. The number of halogens is 1. The van der Waals surface area contributed by atoms with E-state index in [1.807, 2.05) is 6.92 Å². The second-order valence-corrected chi connectivity index (χ2v) is 6.67. The fourth-order valence-electron chi connectivity index (χ4n) is 2.10. The monoisotopic (exact) mass is 435 g/mol. The second-order valence-electron chi connectivity index (χ2n) is 5.34. The van der Waals surface area contributed by atoms with Crippen LogP contribution in [0.25, 0.3) is 0 Å². The summed E-state index contributed by atoms with van der Waals surface area (Å²) in [6, 6.07) is 11.7. The average molecular weight is 436 g/mol. The molecule has 0 saturated heterocycles. The van der Waals surface area contributed by atoms with Crippen molar-refractivity contribution in [2.75, 3.05) is 11.9 Å². The Bertz CT molecular complexity index is 842. The van der Waals surface area contributed by atoms with Gasteiger partial charge in [-0.3, -0.25) is 14.9 Å². The fraction of sp³-hybridized carbons (Fsp3) is 0.167. The van der Waals surface area contributed by atoms with Gasteiger partial charge in [0.15, 0.2) is 5.11 Å². The highest BCUT2D eigenvalue weighted by Crippen LogP contribution is 2.23. The van der Waals surface area contributed by atoms with E-state index in [0.29, 0.717) is 29.2 Å². The third kappa shape index (κ3) is 5.53. The number of ether oxygens (including phenoxy) is 1. The summed E-state index contributed by atoms with van der Waals surface area (Å²) in [5.74, 6) is -0.470. The van der Waals surface area contributed by atoms with Crippen LogP contribution in [0.5, 0.6) is 5.75 Å². The minimum Gasteiger partial charge on any atom is -0.493 e. The van der Waals surface area contributed by atoms with Crippen molar-refractivity contribution in [1.82, 2.24) is 5.32 Å². The van der Waals surface area contributed by atoms with Crippen LogP contribution in [0, 0.1) is 0 Å². The van der Waals surface area contributed by atoms with Gasteiger partial charge in [0.05, 0.1) is 12.2 Å². The largest absolute Gasteiger partial charge is 0.493 e. The topological polar surface area (TPSA) is 93.4 Å². The van der Waals surface area contributed by atoms with E-state index < -0.39 is 11.8 Å². The van der Waals surface area contributed by atoms with E-state index in [9.17, 15) is 9.59 Å². The number of primary amides is 1. The van der Waals surface area contributed by atoms with E-state index in [1.54, 1.807) is 42.5 Å². The number of nitrogens with one attached hydrogen (secondary N) is 2. The molecule has 2 rings (SSSR count). The van der Waals surface area contributed by atoms with E-state index >= 15 is 0 Å². The molecule has 6 nitrogen and oxygen atoms in total. The van der Waals surface area contributed by atoms with Gasteiger partial charge in [-0.15, -0.1) is 0 Å². The van der Waals surface area contributed by atoms with Gasteiger partial charge in [0.2, 0.25) is 5.91 Å². The summed E-state index contributed by atoms with van der Waals surface area (Å²) in [4.78, 5) is 23.8. The standard InChI is InChI=1S/C18H18BrN3O3S/c1-2-8-25-15-7-6-12(19)10-14(15)17(24)22-18(26)21-13-5-3-4-11(9-13)16(20)23/h3-7,9-10H,2,8H2,1H3,(H2,20,23)(H2,21,22,24,26). The summed E-state index contributed by atoms with van der Waals surface area (Å²) in [6.45, 7) is 2.49. The second kappa shape index (κ2) is 9.30. The molecule has 2 aromatic carbocycles. The summed E-state index contributed by atoms with van der Waals surface area (Å²) in [7, 11) is 0. The Labute approximate surface area is 165 Å². The maximum absolute atomic E-state index is 12.5. The molecular formula is C18H18BrN3O3S. The molecule has 4 N–H and O–H groups in total. The quantitative estimate of drug-likeness (QED) is 0.603. The summed E-state index contributed by atoms with van der Waals surface area (Å²) < 4.78 is 6.36. The lowest BCUT2D eigenvalue weighted by atomic mass is 10.2. The van der Waals surface area contributed by atoms with Crippen LogP contribution in [0.2, 0.25) is 0 Å². The highest BCUT2D eigenvalue weighted by Gasteiger charge is 2.15. The molecule has 2 aromatic rings. The number of amides is 2. The van der Waals surface area contributed by atoms with Gasteiger partial charge in [0.25, 0.3) is 5.91 Å². The minimum absolute atomic E-state index is 0.0954. The van der Waals surface area contributed by atoms with Crippen LogP contribution >= 0.6 is 28.1 Å². The molecule has 0 aliphatic heterocycles. The molecule has 0 heterocycles. The average Bonchev–Trinajstić information content (AvgIpc) is 2.60. The lowest BCUT2D eigenvalue weighted by Crippen LogP contribution is -2.34. The summed E-state index contributed by atoms with van der Waals surface area (Å²) in [5, 5.41) is 5.55. The first kappa shape index (κ1) is 19.9. The predicted octanol–water partition coefficient (Wildman–Crippen LogP) is 3.46. The van der Waals surface area contributed by atoms with Gasteiger partial charge in [-0.1, -0.05) is 28.9 Å². The number of carbonyl (C=O) groups is 2. The Kier molecular flexibility index (Phi) is 7.11. The molecule has 26 heavy (non-hydrogen) atoms. The lowest BCUT2D eigenvalue weighted by molar-refractivity contribution is 0.0971. The van der Waals surface area contributed by atoms with E-state index in [2.05, 4.69) is 26.6 Å². The number of hydrogen-bond acceptors (Lipinski definition) is 4. The van der Waals surface area contributed by atoms with Crippen LogP contribution in [0.4, 0.5) is 5.69 Å². The zero-order chi connectivity index (χ0) is 19.1. The van der Waals surface area contributed by atoms with E-state index in [-0.39, 0.29) is 5.11 Å². The van der Waals surface area contributed by atoms with Gasteiger partial charge >= 0.3 is 0 Å². The first-order chi connectivity index (χ1) is 12.4. The van der Waals surface area contributed by atoms with Crippen LogP contribution in [-0.4, -0.2) is 23.5 Å². The fourth-order valence-corrected chi connectivity index (χ4v) is 2.67. The Morgan fingerprint density at radius 1 is 1.23 bits per heavy atom. The highest BCUT2D eigenvalue weighted by atomic mass is 79.9. The van der Waals surface area contributed by atoms with Crippen LogP contribution in [0.15, 0.2) is 46.9 Å². The van der Waals surface area contributed by atoms with Crippen molar-refractivity contribution < 1.29 is 14.3 Å². The normalized spacial score (nSPS) is 10.1. The third-order valence-corrected chi connectivity index (χ3v) is 3.98. The zero-order valence-electron chi connectivity index (χ0n) is 14.0. The molecule has 0 spiro atoms. The Morgan fingerprint density at radius 3 is 2.69 bits per heavy atom. The van der Waals surface area contributed by atoms with Crippen LogP contribution in [0.3, 0.4) is 0 Å². The van der Waals surface area contributed by atoms with Gasteiger partial charge in [-0.25, -0.2) is 0 Å². The van der Waals surface area contributed by atoms with Crippen molar-refractivity contribution in [3.05, 3.63) is 58.1 Å². The molecule has 2 amide bonds. The third-order valence-electron chi connectivity index (χ3n) is 3.28. The van der Waals surface area contributed by atoms with Crippen molar-refractivity contribution in [2.45, 2.75) is 13.3 Å². The van der Waals surface area contributed by atoms with Crippen LogP contribution in [0.1, 0.15) is 34.1 Å². The van der Waals surface area contributed by atoms with Crippen molar-refractivity contribution in [3.8, 4) is 5.75 Å². The maximum atomic E-state index is 12.5. The summed E-state index contributed by atoms with van der Waals surface area (Å²) in [6.07, 6.45) is 0.827. The van der Waals surface area contributed by atoms with Crippen molar-refractivity contribution >= 4 is 50.8 Å². The highest BCUT2D eigenvalue weighted by molar-refractivity contribution is 9.10. The molecule has 0 aromatic heterocycles. The van der Waals surface area contributed by atoms with Crippen molar-refractivity contribution in [3.63, 3.8) is 0 Å². The van der Waals surface area contributed by atoms with Crippen molar-refractivity contribution in [2.24, 2.45) is 5.73 Å². The molecule has 0 saturated carbocycles. The smallest absolute Gasteiger partial charge is 0.261 e. The number of carbonyl (C=O) groups excluding carboxylic acids is 2. The number of benzene rings is 2. The maximum Gasteiger partial charge on any atom is 0.261 e. The van der Waals surface area contributed by atoms with E-state index in [0.717, 1.165) is 10.9 Å². The molecule has 0 fully saturated rings. The molecule has 0 aliphatic rings. The van der Waals surface area contributed by atoms with Gasteiger partial charge in [0, 0.05) is 15.7 Å². The predicted molar refractivity (Wildman–Crippen MR) is 109 cm³/mol. The summed E-state index contributed by atoms with van der Waals surface area (Å²) >= 11 is 8.52. The Morgan fingerprint density at radius 2 is 2.00 bits per heavy atom. The number of rotatable bonds is 6. The van der Waals surface area contributed by atoms with Crippen LogP contribution in [-0.2, 0) is 0 Å².